The van der Waals surface area contributed by atoms with E-state index < -0.39 is 0 Å². The van der Waals surface area contributed by atoms with Gasteiger partial charge < -0.3 is 15.4 Å². The highest BCUT2D eigenvalue weighted by Crippen LogP contribution is 2.32. The maximum atomic E-state index is 12.3. The third-order valence-corrected chi connectivity index (χ3v) is 5.16. The second kappa shape index (κ2) is 5.46. The number of amides is 1. The summed E-state index contributed by atoms with van der Waals surface area (Å²) in [5, 5.41) is 1.84. The molecule has 2 rings (SSSR count). The average molecular weight is 298 g/mol. The van der Waals surface area contributed by atoms with Crippen molar-refractivity contribution in [2.24, 2.45) is 11.1 Å². The van der Waals surface area contributed by atoms with Gasteiger partial charge >= 0.3 is 0 Å². The van der Waals surface area contributed by atoms with Crippen LogP contribution in [0.5, 0.6) is 5.75 Å². The molecule has 1 aliphatic rings. The predicted octanol–water partition coefficient (Wildman–Crippen LogP) is 2.29. The number of likely N-dealkylation sites (tertiary alicyclic amines) is 1. The molecule has 0 aromatic carbocycles. The molecule has 1 amide bonds. The molecule has 19 heavy (non-hydrogen) atoms. The molecule has 6 heteroatoms. The molecule has 0 aliphatic carbocycles. The number of piperidine rings is 1. The molecule has 4 nitrogen and oxygen atoms in total. The van der Waals surface area contributed by atoms with Crippen molar-refractivity contribution in [3.05, 3.63) is 16.3 Å². The monoisotopic (exact) mass is 298 g/mol. The smallest absolute Gasteiger partial charge is 0.264 e. The largest absolute Gasteiger partial charge is 0.496 e. The molecule has 0 saturated carbocycles. The standard InChI is InChI=1S/C13H18N2O2S2/c1-13(12(14)18)3-5-15(6-4-13)11(16)10-7-9(17-2)8-19-10/h7-8H,3-6H2,1-2H3,(H2,14,18). The minimum Gasteiger partial charge on any atom is -0.496 e. The molecule has 0 atom stereocenters. The summed E-state index contributed by atoms with van der Waals surface area (Å²) in [6.07, 6.45) is 1.66. The Kier molecular flexibility index (Phi) is 4.10. The number of carbonyl (C=O) groups excluding carboxylic acids is 1. The van der Waals surface area contributed by atoms with E-state index in [0.717, 1.165) is 23.5 Å². The molecule has 2 heterocycles. The fourth-order valence-electron chi connectivity index (χ4n) is 2.14. The third kappa shape index (κ3) is 2.90. The number of hydrogen-bond donors (Lipinski definition) is 1. The Morgan fingerprint density at radius 3 is 2.63 bits per heavy atom. The van der Waals surface area contributed by atoms with E-state index in [0.29, 0.717) is 18.1 Å². The maximum absolute atomic E-state index is 12.3. The highest BCUT2D eigenvalue weighted by atomic mass is 32.1. The molecule has 1 aliphatic heterocycles. The number of methoxy groups -OCH3 is 1. The van der Waals surface area contributed by atoms with E-state index >= 15 is 0 Å². The number of ether oxygens (including phenoxy) is 1. The number of rotatable bonds is 3. The molecular weight excluding hydrogens is 280 g/mol. The average Bonchev–Trinajstić information content (AvgIpc) is 2.87. The topological polar surface area (TPSA) is 55.6 Å². The van der Waals surface area contributed by atoms with Gasteiger partial charge in [0.2, 0.25) is 0 Å². The van der Waals surface area contributed by atoms with Gasteiger partial charge in [-0.1, -0.05) is 19.1 Å². The summed E-state index contributed by atoms with van der Waals surface area (Å²) in [7, 11) is 1.60. The zero-order chi connectivity index (χ0) is 14.0. The van der Waals surface area contributed by atoms with Crippen molar-refractivity contribution in [3.63, 3.8) is 0 Å². The summed E-state index contributed by atoms with van der Waals surface area (Å²) < 4.78 is 5.10. The van der Waals surface area contributed by atoms with E-state index in [4.69, 9.17) is 22.7 Å². The molecule has 1 aromatic rings. The molecule has 1 aromatic heterocycles. The molecule has 0 unspecified atom stereocenters. The van der Waals surface area contributed by atoms with Gasteiger partial charge in [0.1, 0.15) is 5.75 Å². The van der Waals surface area contributed by atoms with Crippen molar-refractivity contribution >= 4 is 34.5 Å². The lowest BCUT2D eigenvalue weighted by atomic mass is 9.80. The van der Waals surface area contributed by atoms with Crippen LogP contribution in [0.2, 0.25) is 0 Å². The molecule has 0 bridgehead atoms. The Hall–Kier alpha value is -1.14. The molecule has 0 radical (unpaired) electrons. The lowest BCUT2D eigenvalue weighted by Crippen LogP contribution is -2.46. The van der Waals surface area contributed by atoms with Crippen LogP contribution in [-0.4, -0.2) is 36.0 Å². The normalized spacial score (nSPS) is 18.1. The van der Waals surface area contributed by atoms with Gasteiger partial charge in [-0.3, -0.25) is 4.79 Å². The van der Waals surface area contributed by atoms with Crippen LogP contribution in [-0.2, 0) is 0 Å². The van der Waals surface area contributed by atoms with Gasteiger partial charge in [0.25, 0.3) is 5.91 Å². The molecule has 0 spiro atoms. The van der Waals surface area contributed by atoms with Gasteiger partial charge in [-0.25, -0.2) is 0 Å². The van der Waals surface area contributed by atoms with Gasteiger partial charge in [0.05, 0.1) is 17.0 Å². The van der Waals surface area contributed by atoms with Crippen molar-refractivity contribution in [2.75, 3.05) is 20.2 Å². The van der Waals surface area contributed by atoms with Gasteiger partial charge in [-0.05, 0) is 12.8 Å². The summed E-state index contributed by atoms with van der Waals surface area (Å²) >= 11 is 6.52. The van der Waals surface area contributed by atoms with Crippen LogP contribution >= 0.6 is 23.6 Å². The fourth-order valence-corrected chi connectivity index (χ4v) is 3.17. The van der Waals surface area contributed by atoms with Crippen molar-refractivity contribution in [3.8, 4) is 5.75 Å². The van der Waals surface area contributed by atoms with Crippen LogP contribution in [0.3, 0.4) is 0 Å². The van der Waals surface area contributed by atoms with Crippen molar-refractivity contribution < 1.29 is 9.53 Å². The summed E-state index contributed by atoms with van der Waals surface area (Å²) in [6.45, 7) is 3.48. The lowest BCUT2D eigenvalue weighted by molar-refractivity contribution is 0.0675. The zero-order valence-corrected chi connectivity index (χ0v) is 12.8. The molecular formula is C13H18N2O2S2. The Labute approximate surface area is 122 Å². The van der Waals surface area contributed by atoms with E-state index in [-0.39, 0.29) is 11.3 Å². The second-order valence-corrected chi connectivity index (χ2v) is 6.42. The fraction of sp³-hybridized carbons (Fsp3) is 0.538. The first-order chi connectivity index (χ1) is 8.96. The first kappa shape index (κ1) is 14.3. The Bertz CT molecular complexity index is 491. The van der Waals surface area contributed by atoms with E-state index in [2.05, 4.69) is 6.92 Å². The molecule has 1 saturated heterocycles. The van der Waals surface area contributed by atoms with Crippen molar-refractivity contribution in [2.45, 2.75) is 19.8 Å². The Balaban J connectivity index is 2.01. The predicted molar refractivity (Wildman–Crippen MR) is 80.9 cm³/mol. The number of carbonyl (C=O) groups is 1. The van der Waals surface area contributed by atoms with Crippen LogP contribution in [0.4, 0.5) is 0 Å². The number of nitrogens with two attached hydrogens (primary N) is 1. The Morgan fingerprint density at radius 1 is 1.53 bits per heavy atom. The second-order valence-electron chi connectivity index (χ2n) is 5.07. The lowest BCUT2D eigenvalue weighted by Gasteiger charge is -2.38. The number of thiocarbonyl (C=S) groups is 1. The summed E-state index contributed by atoms with van der Waals surface area (Å²) in [5.74, 6) is 0.802. The van der Waals surface area contributed by atoms with E-state index in [1.54, 1.807) is 13.2 Å². The molecule has 104 valence electrons. The summed E-state index contributed by atoms with van der Waals surface area (Å²) in [6, 6.07) is 1.79. The van der Waals surface area contributed by atoms with E-state index in [1.165, 1.54) is 11.3 Å². The van der Waals surface area contributed by atoms with Crippen LogP contribution in [0.1, 0.15) is 29.4 Å². The van der Waals surface area contributed by atoms with Gasteiger partial charge in [0.15, 0.2) is 0 Å². The maximum Gasteiger partial charge on any atom is 0.264 e. The first-order valence-electron chi connectivity index (χ1n) is 6.18. The SMILES string of the molecule is COc1csc(C(=O)N2CCC(C)(C(N)=S)CC2)c1. The number of hydrogen-bond acceptors (Lipinski definition) is 4. The minimum absolute atomic E-state index is 0.0679. The quantitative estimate of drug-likeness (QED) is 0.870. The van der Waals surface area contributed by atoms with E-state index in [1.807, 2.05) is 10.3 Å². The first-order valence-corrected chi connectivity index (χ1v) is 7.47. The van der Waals surface area contributed by atoms with Gasteiger partial charge in [-0.15, -0.1) is 11.3 Å². The van der Waals surface area contributed by atoms with Crippen LogP contribution in [0.25, 0.3) is 0 Å². The Morgan fingerprint density at radius 2 is 2.16 bits per heavy atom. The minimum atomic E-state index is -0.112. The number of nitrogens with zero attached hydrogens (tertiary/aromatic N) is 1. The summed E-state index contributed by atoms with van der Waals surface area (Å²) in [4.78, 5) is 15.5. The van der Waals surface area contributed by atoms with Crippen LogP contribution in [0, 0.1) is 5.41 Å². The number of thiophene rings is 1. The van der Waals surface area contributed by atoms with Crippen molar-refractivity contribution in [1.82, 2.24) is 4.90 Å². The van der Waals surface area contributed by atoms with Crippen molar-refractivity contribution in [1.29, 1.82) is 0 Å². The highest BCUT2D eigenvalue weighted by Gasteiger charge is 2.34. The molecule has 1 fully saturated rings. The zero-order valence-electron chi connectivity index (χ0n) is 11.1. The van der Waals surface area contributed by atoms with Crippen LogP contribution < -0.4 is 10.5 Å². The molecule has 2 N–H and O–H groups in total. The van der Waals surface area contributed by atoms with E-state index in [9.17, 15) is 4.79 Å². The highest BCUT2D eigenvalue weighted by molar-refractivity contribution is 7.80. The van der Waals surface area contributed by atoms with Gasteiger partial charge in [-0.2, -0.15) is 0 Å². The van der Waals surface area contributed by atoms with Gasteiger partial charge in [0, 0.05) is 30.0 Å². The summed E-state index contributed by atoms with van der Waals surface area (Å²) in [5.41, 5.74) is 5.66. The van der Waals surface area contributed by atoms with Crippen LogP contribution in [0.15, 0.2) is 11.4 Å². The third-order valence-electron chi connectivity index (χ3n) is 3.77.